The molecule has 4 aromatic rings. The molecule has 1 saturated heterocycles. The van der Waals surface area contributed by atoms with Crippen molar-refractivity contribution >= 4 is 39.5 Å². The van der Waals surface area contributed by atoms with E-state index in [4.69, 9.17) is 0 Å². The molecular formula is C30H33N3O2S. The average Bonchev–Trinajstić information content (AvgIpc) is 3.60. The Kier molecular flexibility index (Phi) is 5.62. The van der Waals surface area contributed by atoms with Gasteiger partial charge in [0.2, 0.25) is 0 Å². The number of carboxylic acid groups (broad SMARTS) is 1. The fourth-order valence-electron chi connectivity index (χ4n) is 6.98. The van der Waals surface area contributed by atoms with E-state index in [0.29, 0.717) is 11.5 Å². The van der Waals surface area contributed by atoms with Crippen LogP contribution in [0.25, 0.3) is 33.1 Å². The van der Waals surface area contributed by atoms with Gasteiger partial charge in [0.15, 0.2) is 0 Å². The number of aromatic carboxylic acids is 1. The molecule has 2 fully saturated rings. The van der Waals surface area contributed by atoms with E-state index < -0.39 is 5.97 Å². The molecule has 4 heterocycles. The zero-order chi connectivity index (χ0) is 24.2. The number of aromatic nitrogens is 2. The molecule has 186 valence electrons. The highest BCUT2D eigenvalue weighted by atomic mass is 32.2. The van der Waals surface area contributed by atoms with Crippen molar-refractivity contribution in [1.82, 2.24) is 14.0 Å². The normalized spacial score (nSPS) is 19.0. The van der Waals surface area contributed by atoms with E-state index in [2.05, 4.69) is 44.5 Å². The zero-order valence-electron chi connectivity index (χ0n) is 20.7. The molecule has 0 spiro atoms. The first-order chi connectivity index (χ1) is 17.7. The summed E-state index contributed by atoms with van der Waals surface area (Å²) in [5.41, 5.74) is 8.39. The van der Waals surface area contributed by atoms with Crippen LogP contribution in [-0.2, 0) is 19.6 Å². The lowest BCUT2D eigenvalue weighted by molar-refractivity contribution is 0.0697. The summed E-state index contributed by atoms with van der Waals surface area (Å²) in [7, 11) is 0. The zero-order valence-corrected chi connectivity index (χ0v) is 21.5. The number of fused-ring (bicyclic) bond motifs is 4. The molecule has 2 aromatic heterocycles. The van der Waals surface area contributed by atoms with Gasteiger partial charge in [-0.05, 0) is 48.4 Å². The second kappa shape index (κ2) is 9.00. The summed E-state index contributed by atoms with van der Waals surface area (Å²) >= 11 is 2.03. The third kappa shape index (κ3) is 3.60. The number of hydrogen-bond donors (Lipinski definition) is 1. The van der Waals surface area contributed by atoms with Gasteiger partial charge in [0.05, 0.1) is 16.8 Å². The molecule has 5 nitrogen and oxygen atoms in total. The summed E-state index contributed by atoms with van der Waals surface area (Å²) in [5.74, 6) is 2.04. The Morgan fingerprint density at radius 2 is 1.89 bits per heavy atom. The molecule has 2 aliphatic heterocycles. The third-order valence-electron chi connectivity index (χ3n) is 8.60. The Morgan fingerprint density at radius 1 is 1.00 bits per heavy atom. The Balaban J connectivity index is 1.49. The number of rotatable bonds is 4. The number of nitrogens with zero attached hydrogens (tertiary/aromatic N) is 3. The lowest BCUT2D eigenvalue weighted by Gasteiger charge is -2.25. The van der Waals surface area contributed by atoms with Gasteiger partial charge in [-0.1, -0.05) is 43.5 Å². The minimum absolute atomic E-state index is 0.382. The molecule has 36 heavy (non-hydrogen) atoms. The Hall–Kier alpha value is -2.70. The van der Waals surface area contributed by atoms with Gasteiger partial charge in [0.1, 0.15) is 0 Å². The predicted octanol–water partition coefficient (Wildman–Crippen LogP) is 6.92. The number of aryl methyl sites for hydroxylation is 2. The topological polar surface area (TPSA) is 50.4 Å². The fourth-order valence-corrected chi connectivity index (χ4v) is 7.98. The maximum absolute atomic E-state index is 11.9. The minimum Gasteiger partial charge on any atom is -0.478 e. The van der Waals surface area contributed by atoms with Crippen LogP contribution in [0.15, 0.2) is 42.6 Å². The lowest BCUT2D eigenvalue weighted by atomic mass is 9.81. The van der Waals surface area contributed by atoms with Gasteiger partial charge in [-0.25, -0.2) is 4.79 Å². The van der Waals surface area contributed by atoms with E-state index in [1.165, 1.54) is 83.1 Å². The smallest absolute Gasteiger partial charge is 0.335 e. The number of carbonyl (C=O) groups is 1. The van der Waals surface area contributed by atoms with E-state index in [1.807, 2.05) is 17.8 Å². The second-order valence-corrected chi connectivity index (χ2v) is 11.9. The van der Waals surface area contributed by atoms with Crippen LogP contribution in [0, 0.1) is 0 Å². The second-order valence-electron chi connectivity index (χ2n) is 10.8. The van der Waals surface area contributed by atoms with Crippen molar-refractivity contribution in [2.24, 2.45) is 0 Å². The van der Waals surface area contributed by atoms with Crippen LogP contribution in [0.5, 0.6) is 0 Å². The van der Waals surface area contributed by atoms with Crippen LogP contribution in [0.3, 0.4) is 0 Å². The van der Waals surface area contributed by atoms with Crippen molar-refractivity contribution in [3.63, 3.8) is 0 Å². The van der Waals surface area contributed by atoms with Gasteiger partial charge < -0.3 is 14.2 Å². The van der Waals surface area contributed by atoms with Gasteiger partial charge in [-0.15, -0.1) is 11.8 Å². The highest BCUT2D eigenvalue weighted by Gasteiger charge is 2.29. The first-order valence-electron chi connectivity index (χ1n) is 13.5. The van der Waals surface area contributed by atoms with Crippen molar-refractivity contribution < 1.29 is 9.90 Å². The van der Waals surface area contributed by atoms with Crippen molar-refractivity contribution in [2.75, 3.05) is 18.2 Å². The third-order valence-corrected chi connectivity index (χ3v) is 9.62. The standard InChI is InChI=1S/C30H33N3O2S/c34-30(35)21-10-11-24-26(16-21)33-13-5-12-32-18-22(17-31-14-15-36-19-31)23-8-4-9-25(28(23)32)29(33)27(24)20-6-2-1-3-7-20/h4,8-11,16,18,20H,1-3,5-7,12-15,17,19H2,(H,34,35). The molecule has 2 aromatic carbocycles. The summed E-state index contributed by atoms with van der Waals surface area (Å²) in [5, 5.41) is 12.4. The number of hydrogen-bond acceptors (Lipinski definition) is 3. The number of carboxylic acids is 1. The van der Waals surface area contributed by atoms with Crippen LogP contribution in [0.4, 0.5) is 0 Å². The highest BCUT2D eigenvalue weighted by Crippen LogP contribution is 2.47. The van der Waals surface area contributed by atoms with Gasteiger partial charge in [0, 0.05) is 65.9 Å². The van der Waals surface area contributed by atoms with Crippen LogP contribution in [-0.4, -0.2) is 43.3 Å². The summed E-state index contributed by atoms with van der Waals surface area (Å²) < 4.78 is 4.98. The maximum atomic E-state index is 11.9. The Morgan fingerprint density at radius 3 is 2.69 bits per heavy atom. The van der Waals surface area contributed by atoms with E-state index >= 15 is 0 Å². The van der Waals surface area contributed by atoms with E-state index in [-0.39, 0.29) is 0 Å². The number of benzene rings is 2. The van der Waals surface area contributed by atoms with E-state index in [0.717, 1.165) is 37.4 Å². The molecule has 0 unspecified atom stereocenters. The van der Waals surface area contributed by atoms with Crippen molar-refractivity contribution in [3.8, 4) is 11.3 Å². The van der Waals surface area contributed by atoms with E-state index in [1.54, 1.807) is 6.07 Å². The predicted molar refractivity (Wildman–Crippen MR) is 148 cm³/mol. The molecule has 6 heteroatoms. The highest BCUT2D eigenvalue weighted by molar-refractivity contribution is 7.99. The summed E-state index contributed by atoms with van der Waals surface area (Å²) in [6, 6.07) is 12.7. The first kappa shape index (κ1) is 22.5. The van der Waals surface area contributed by atoms with Crippen LogP contribution >= 0.6 is 11.8 Å². The SMILES string of the molecule is O=C(O)c1ccc2c(C3CCCCC3)c3n(c2c1)CCCn1cc(CN2CCSC2)c2cccc-3c21. The van der Waals surface area contributed by atoms with Crippen molar-refractivity contribution in [2.45, 2.75) is 64.1 Å². The molecule has 0 amide bonds. The average molecular weight is 500 g/mol. The Labute approximate surface area is 216 Å². The largest absolute Gasteiger partial charge is 0.478 e. The summed E-state index contributed by atoms with van der Waals surface area (Å²) in [6.07, 6.45) is 9.78. The van der Waals surface area contributed by atoms with E-state index in [9.17, 15) is 9.90 Å². The molecule has 0 radical (unpaired) electrons. The minimum atomic E-state index is -0.849. The fraction of sp³-hybridized carbons (Fsp3) is 0.433. The Bertz CT molecular complexity index is 1470. The van der Waals surface area contributed by atoms with Crippen molar-refractivity contribution in [3.05, 3.63) is 59.3 Å². The van der Waals surface area contributed by atoms with Crippen molar-refractivity contribution in [1.29, 1.82) is 0 Å². The van der Waals surface area contributed by atoms with Crippen LogP contribution in [0.2, 0.25) is 0 Å². The molecule has 1 saturated carbocycles. The number of thioether (sulfide) groups is 1. The van der Waals surface area contributed by atoms with Gasteiger partial charge in [0.25, 0.3) is 0 Å². The molecule has 7 rings (SSSR count). The summed E-state index contributed by atoms with van der Waals surface area (Å²) in [6.45, 7) is 4.08. The van der Waals surface area contributed by atoms with Gasteiger partial charge >= 0.3 is 5.97 Å². The maximum Gasteiger partial charge on any atom is 0.335 e. The summed E-state index contributed by atoms with van der Waals surface area (Å²) in [4.78, 5) is 14.5. The molecule has 1 aliphatic carbocycles. The number of para-hydroxylation sites is 1. The van der Waals surface area contributed by atoms with Gasteiger partial charge in [-0.3, -0.25) is 4.90 Å². The van der Waals surface area contributed by atoms with Gasteiger partial charge in [-0.2, -0.15) is 0 Å². The molecular weight excluding hydrogens is 466 g/mol. The van der Waals surface area contributed by atoms with Crippen LogP contribution in [0.1, 0.15) is 65.9 Å². The first-order valence-corrected chi connectivity index (χ1v) is 14.6. The monoisotopic (exact) mass is 499 g/mol. The lowest BCUT2D eigenvalue weighted by Crippen LogP contribution is -2.18. The van der Waals surface area contributed by atoms with Crippen LogP contribution < -0.4 is 0 Å². The molecule has 1 N–H and O–H groups in total. The quantitative estimate of drug-likeness (QED) is 0.331. The molecule has 3 aliphatic rings. The molecule has 0 bridgehead atoms. The molecule has 0 atom stereocenters.